The van der Waals surface area contributed by atoms with Crippen molar-refractivity contribution in [1.82, 2.24) is 5.16 Å². The van der Waals surface area contributed by atoms with Crippen molar-refractivity contribution in [2.75, 3.05) is 5.73 Å². The molecule has 15 heavy (non-hydrogen) atoms. The maximum atomic E-state index is 9.63. The topological polar surface area (TPSA) is 72.3 Å². The molecule has 0 saturated carbocycles. The van der Waals surface area contributed by atoms with E-state index in [4.69, 9.17) is 21.9 Å². The third-order valence-corrected chi connectivity index (χ3v) is 2.49. The molecule has 0 amide bonds. The fraction of sp³-hybridized carbons (Fsp3) is 0.100. The predicted octanol–water partition coefficient (Wildman–Crippen LogP) is 2.59. The molecule has 1 heterocycles. The Bertz CT molecular complexity index is 508. The number of benzene rings is 1. The molecule has 2 rings (SSSR count). The third-order valence-electron chi connectivity index (χ3n) is 2.11. The third kappa shape index (κ3) is 1.64. The number of anilines is 1. The van der Waals surface area contributed by atoms with Crippen LogP contribution in [-0.2, 0) is 0 Å². The maximum absolute atomic E-state index is 9.63. The zero-order chi connectivity index (χ0) is 11.0. The standard InChI is InChI=1S/C10H9ClN2O2/c1-5-2-3-6(9(11)10(5)14)7-4-8(12)13-15-7/h2-4,14H,1H3,(H2,12,13). The SMILES string of the molecule is Cc1ccc(-c2cc(N)no2)c(Cl)c1O. The Morgan fingerprint density at radius 3 is 2.80 bits per heavy atom. The van der Waals surface area contributed by atoms with Crippen LogP contribution in [0, 0.1) is 6.92 Å². The Morgan fingerprint density at radius 2 is 2.20 bits per heavy atom. The van der Waals surface area contributed by atoms with Crippen molar-refractivity contribution in [3.8, 4) is 17.1 Å². The molecule has 0 atom stereocenters. The number of nitrogen functional groups attached to an aromatic ring is 1. The maximum Gasteiger partial charge on any atom is 0.170 e. The van der Waals surface area contributed by atoms with Gasteiger partial charge in [-0.3, -0.25) is 0 Å². The van der Waals surface area contributed by atoms with Gasteiger partial charge in [-0.1, -0.05) is 22.8 Å². The summed E-state index contributed by atoms with van der Waals surface area (Å²) in [6.45, 7) is 1.76. The van der Waals surface area contributed by atoms with E-state index in [9.17, 15) is 5.11 Å². The van der Waals surface area contributed by atoms with Crippen LogP contribution in [0.1, 0.15) is 5.56 Å². The zero-order valence-electron chi connectivity index (χ0n) is 7.99. The average Bonchev–Trinajstić information content (AvgIpc) is 2.61. The van der Waals surface area contributed by atoms with Crippen LogP contribution >= 0.6 is 11.6 Å². The molecule has 0 aliphatic rings. The Kier molecular flexibility index (Phi) is 2.28. The molecule has 5 heteroatoms. The van der Waals surface area contributed by atoms with Gasteiger partial charge in [-0.2, -0.15) is 0 Å². The van der Waals surface area contributed by atoms with Crippen molar-refractivity contribution in [1.29, 1.82) is 0 Å². The van der Waals surface area contributed by atoms with Crippen molar-refractivity contribution < 1.29 is 9.63 Å². The van der Waals surface area contributed by atoms with Crippen LogP contribution in [0.2, 0.25) is 5.02 Å². The Hall–Kier alpha value is -1.68. The molecule has 0 aliphatic carbocycles. The van der Waals surface area contributed by atoms with E-state index in [1.165, 1.54) is 0 Å². The summed E-state index contributed by atoms with van der Waals surface area (Å²) in [5, 5.41) is 13.4. The second-order valence-electron chi connectivity index (χ2n) is 3.21. The van der Waals surface area contributed by atoms with Gasteiger partial charge in [0.2, 0.25) is 0 Å². The summed E-state index contributed by atoms with van der Waals surface area (Å²) in [4.78, 5) is 0. The minimum atomic E-state index is 0.0455. The molecule has 4 nitrogen and oxygen atoms in total. The molecule has 0 unspecified atom stereocenters. The summed E-state index contributed by atoms with van der Waals surface area (Å²) in [5.74, 6) is 0.762. The number of phenols is 1. The molecular weight excluding hydrogens is 216 g/mol. The lowest BCUT2D eigenvalue weighted by Gasteiger charge is -2.04. The van der Waals surface area contributed by atoms with Gasteiger partial charge < -0.3 is 15.4 Å². The fourth-order valence-electron chi connectivity index (χ4n) is 1.27. The summed E-state index contributed by atoms with van der Waals surface area (Å²) in [5.41, 5.74) is 6.70. The largest absolute Gasteiger partial charge is 0.506 e. The first-order valence-corrected chi connectivity index (χ1v) is 4.68. The number of phenolic OH excluding ortho intramolecular Hbond substituents is 1. The zero-order valence-corrected chi connectivity index (χ0v) is 8.75. The first kappa shape index (κ1) is 9.86. The van der Waals surface area contributed by atoms with E-state index >= 15 is 0 Å². The van der Waals surface area contributed by atoms with Gasteiger partial charge in [0.1, 0.15) is 5.75 Å². The van der Waals surface area contributed by atoms with Gasteiger partial charge in [0.25, 0.3) is 0 Å². The van der Waals surface area contributed by atoms with Gasteiger partial charge >= 0.3 is 0 Å². The van der Waals surface area contributed by atoms with E-state index in [0.29, 0.717) is 16.9 Å². The highest BCUT2D eigenvalue weighted by molar-refractivity contribution is 6.34. The van der Waals surface area contributed by atoms with Gasteiger partial charge in [-0.15, -0.1) is 0 Å². The summed E-state index contributed by atoms with van der Waals surface area (Å²) in [6, 6.07) is 5.04. The number of aromatic nitrogens is 1. The van der Waals surface area contributed by atoms with E-state index in [1.54, 1.807) is 25.1 Å². The monoisotopic (exact) mass is 224 g/mol. The molecule has 0 bridgehead atoms. The molecule has 78 valence electrons. The second-order valence-corrected chi connectivity index (χ2v) is 3.59. The van der Waals surface area contributed by atoms with Gasteiger partial charge in [-0.05, 0) is 18.6 Å². The quantitative estimate of drug-likeness (QED) is 0.781. The van der Waals surface area contributed by atoms with Crippen LogP contribution in [0.4, 0.5) is 5.82 Å². The van der Waals surface area contributed by atoms with Crippen molar-refractivity contribution in [2.45, 2.75) is 6.92 Å². The summed E-state index contributed by atoms with van der Waals surface area (Å²) in [6.07, 6.45) is 0. The van der Waals surface area contributed by atoms with Crippen LogP contribution in [0.3, 0.4) is 0 Å². The van der Waals surface area contributed by atoms with E-state index in [1.807, 2.05) is 0 Å². The Labute approximate surface area is 91.3 Å². The summed E-state index contributed by atoms with van der Waals surface area (Å²) in [7, 11) is 0. The normalized spacial score (nSPS) is 10.5. The van der Waals surface area contributed by atoms with Crippen LogP contribution in [0.15, 0.2) is 22.7 Å². The van der Waals surface area contributed by atoms with Crippen LogP contribution in [0.25, 0.3) is 11.3 Å². The van der Waals surface area contributed by atoms with E-state index in [2.05, 4.69) is 5.16 Å². The number of hydrogen-bond acceptors (Lipinski definition) is 4. The molecular formula is C10H9ClN2O2. The number of hydrogen-bond donors (Lipinski definition) is 2. The second kappa shape index (κ2) is 3.47. The van der Waals surface area contributed by atoms with Gasteiger partial charge in [0, 0.05) is 11.6 Å². The molecule has 0 fully saturated rings. The number of halogens is 1. The number of nitrogens with two attached hydrogens (primary N) is 1. The predicted molar refractivity (Wildman–Crippen MR) is 57.8 cm³/mol. The van der Waals surface area contributed by atoms with Crippen molar-refractivity contribution in [3.63, 3.8) is 0 Å². The lowest BCUT2D eigenvalue weighted by Crippen LogP contribution is -1.82. The van der Waals surface area contributed by atoms with Crippen molar-refractivity contribution in [2.24, 2.45) is 0 Å². The Morgan fingerprint density at radius 1 is 1.47 bits per heavy atom. The number of nitrogens with zero attached hydrogens (tertiary/aromatic N) is 1. The fourth-order valence-corrected chi connectivity index (χ4v) is 1.57. The molecule has 3 N–H and O–H groups in total. The van der Waals surface area contributed by atoms with Crippen LogP contribution in [0.5, 0.6) is 5.75 Å². The smallest absolute Gasteiger partial charge is 0.170 e. The molecule has 2 aromatic rings. The van der Waals surface area contributed by atoms with E-state index < -0.39 is 0 Å². The average molecular weight is 225 g/mol. The van der Waals surface area contributed by atoms with Crippen LogP contribution < -0.4 is 5.73 Å². The molecule has 0 aliphatic heterocycles. The summed E-state index contributed by atoms with van der Waals surface area (Å²) >= 11 is 5.96. The first-order chi connectivity index (χ1) is 7.09. The molecule has 0 spiro atoms. The van der Waals surface area contributed by atoms with E-state index in [-0.39, 0.29) is 16.6 Å². The highest BCUT2D eigenvalue weighted by Gasteiger charge is 2.13. The Balaban J connectivity index is 2.59. The summed E-state index contributed by atoms with van der Waals surface area (Å²) < 4.78 is 4.96. The molecule has 0 saturated heterocycles. The highest BCUT2D eigenvalue weighted by atomic mass is 35.5. The minimum absolute atomic E-state index is 0.0455. The molecule has 1 aromatic heterocycles. The number of aryl methyl sites for hydroxylation is 1. The minimum Gasteiger partial charge on any atom is -0.506 e. The number of rotatable bonds is 1. The van der Waals surface area contributed by atoms with Gasteiger partial charge in [-0.25, -0.2) is 0 Å². The lowest BCUT2D eigenvalue weighted by atomic mass is 10.1. The van der Waals surface area contributed by atoms with Crippen LogP contribution in [-0.4, -0.2) is 10.3 Å². The van der Waals surface area contributed by atoms with Crippen molar-refractivity contribution in [3.05, 3.63) is 28.8 Å². The van der Waals surface area contributed by atoms with Gasteiger partial charge in [0.05, 0.1) is 5.02 Å². The molecule has 1 aromatic carbocycles. The van der Waals surface area contributed by atoms with Crippen molar-refractivity contribution >= 4 is 17.4 Å². The van der Waals surface area contributed by atoms with E-state index in [0.717, 1.165) is 0 Å². The van der Waals surface area contributed by atoms with Gasteiger partial charge in [0.15, 0.2) is 11.6 Å². The molecule has 0 radical (unpaired) electrons. The highest BCUT2D eigenvalue weighted by Crippen LogP contribution is 2.37. The number of aromatic hydroxyl groups is 1. The first-order valence-electron chi connectivity index (χ1n) is 4.30. The lowest BCUT2D eigenvalue weighted by molar-refractivity contribution is 0.435.